The minimum Gasteiger partial charge on any atom is -0.356 e. The Morgan fingerprint density at radius 2 is 1.78 bits per heavy atom. The molecule has 0 fully saturated rings. The Hall–Kier alpha value is -2.38. The van der Waals surface area contributed by atoms with Crippen LogP contribution in [0.3, 0.4) is 0 Å². The number of aliphatic imine (C=N–C) groups is 1. The molecule has 0 spiro atoms. The summed E-state index contributed by atoms with van der Waals surface area (Å²) in [4.78, 5) is 4.44. The van der Waals surface area contributed by atoms with E-state index in [-0.39, 0.29) is 11.4 Å². The molecule has 6 nitrogen and oxygen atoms in total. The molecule has 0 heterocycles. The monoisotopic (exact) mass is 388 g/mol. The lowest BCUT2D eigenvalue weighted by Gasteiger charge is -2.17. The quantitative estimate of drug-likeness (QED) is 0.368. The average molecular weight is 389 g/mol. The molecule has 2 rings (SSSR count). The molecule has 0 aliphatic rings. The second-order valence-electron chi connectivity index (χ2n) is 6.41. The molecule has 1 atom stereocenters. The van der Waals surface area contributed by atoms with Gasteiger partial charge in [-0.1, -0.05) is 55.0 Å². The maximum Gasteiger partial charge on any atom is 0.240 e. The lowest BCUT2D eigenvalue weighted by Crippen LogP contribution is -2.42. The predicted molar refractivity (Wildman–Crippen MR) is 111 cm³/mol. The highest BCUT2D eigenvalue weighted by atomic mass is 32.2. The summed E-state index contributed by atoms with van der Waals surface area (Å²) in [7, 11) is -1.79. The van der Waals surface area contributed by atoms with Gasteiger partial charge in [0.15, 0.2) is 5.96 Å². The SMILES string of the molecule is CN=C(NCCNS(=O)(=O)c1ccccc1)NCC(C)c1cccc(C)c1. The minimum absolute atomic E-state index is 0.263. The van der Waals surface area contributed by atoms with Gasteiger partial charge in [-0.3, -0.25) is 4.99 Å². The molecule has 0 saturated heterocycles. The van der Waals surface area contributed by atoms with E-state index in [9.17, 15) is 8.42 Å². The van der Waals surface area contributed by atoms with Crippen molar-refractivity contribution in [2.24, 2.45) is 4.99 Å². The molecular formula is C20H28N4O2S. The van der Waals surface area contributed by atoms with E-state index in [1.165, 1.54) is 11.1 Å². The molecule has 0 radical (unpaired) electrons. The molecule has 3 N–H and O–H groups in total. The number of guanidine groups is 1. The Labute approximate surface area is 162 Å². The highest BCUT2D eigenvalue weighted by Crippen LogP contribution is 2.15. The Kier molecular flexibility index (Phi) is 7.82. The van der Waals surface area contributed by atoms with Crippen LogP contribution in [-0.2, 0) is 10.0 Å². The van der Waals surface area contributed by atoms with Crippen LogP contribution in [0.15, 0.2) is 64.5 Å². The van der Waals surface area contributed by atoms with Gasteiger partial charge in [-0.25, -0.2) is 13.1 Å². The first-order valence-electron chi connectivity index (χ1n) is 8.98. The van der Waals surface area contributed by atoms with E-state index in [2.05, 4.69) is 58.5 Å². The van der Waals surface area contributed by atoms with Gasteiger partial charge in [0, 0.05) is 26.7 Å². The van der Waals surface area contributed by atoms with Crippen molar-refractivity contribution in [2.45, 2.75) is 24.7 Å². The molecule has 27 heavy (non-hydrogen) atoms. The molecule has 2 aromatic rings. The van der Waals surface area contributed by atoms with Crippen molar-refractivity contribution in [2.75, 3.05) is 26.7 Å². The molecule has 0 amide bonds. The van der Waals surface area contributed by atoms with Gasteiger partial charge < -0.3 is 10.6 Å². The second kappa shape index (κ2) is 10.1. The largest absolute Gasteiger partial charge is 0.356 e. The van der Waals surface area contributed by atoms with Crippen molar-refractivity contribution in [3.05, 3.63) is 65.7 Å². The zero-order valence-corrected chi connectivity index (χ0v) is 16.9. The third-order valence-corrected chi connectivity index (χ3v) is 5.65. The van der Waals surface area contributed by atoms with E-state index < -0.39 is 10.0 Å². The maximum absolute atomic E-state index is 12.2. The maximum atomic E-state index is 12.2. The van der Waals surface area contributed by atoms with Crippen molar-refractivity contribution in [3.63, 3.8) is 0 Å². The normalized spacial score (nSPS) is 13.2. The summed E-state index contributed by atoms with van der Waals surface area (Å²) in [6.07, 6.45) is 0. The van der Waals surface area contributed by atoms with Crippen LogP contribution in [0.2, 0.25) is 0 Å². The van der Waals surface area contributed by atoms with Crippen molar-refractivity contribution in [3.8, 4) is 0 Å². The predicted octanol–water partition coefficient (Wildman–Crippen LogP) is 2.24. The Bertz CT molecular complexity index is 851. The molecule has 0 aliphatic carbocycles. The van der Waals surface area contributed by atoms with Gasteiger partial charge in [0.25, 0.3) is 0 Å². The van der Waals surface area contributed by atoms with Crippen LogP contribution in [0.4, 0.5) is 0 Å². The van der Waals surface area contributed by atoms with Crippen LogP contribution in [0.5, 0.6) is 0 Å². The average Bonchev–Trinajstić information content (AvgIpc) is 2.68. The number of hydrogen-bond donors (Lipinski definition) is 3. The first kappa shape index (κ1) is 20.9. The molecule has 2 aromatic carbocycles. The summed E-state index contributed by atoms with van der Waals surface area (Å²) >= 11 is 0. The Morgan fingerprint density at radius 1 is 1.04 bits per heavy atom. The van der Waals surface area contributed by atoms with Crippen LogP contribution in [0.25, 0.3) is 0 Å². The molecule has 146 valence electrons. The van der Waals surface area contributed by atoms with Crippen LogP contribution in [0.1, 0.15) is 24.0 Å². The van der Waals surface area contributed by atoms with Gasteiger partial charge in [-0.15, -0.1) is 0 Å². The molecule has 0 aliphatic heterocycles. The van der Waals surface area contributed by atoms with E-state index in [1.54, 1.807) is 37.4 Å². The van der Waals surface area contributed by atoms with Crippen LogP contribution in [-0.4, -0.2) is 41.1 Å². The van der Waals surface area contributed by atoms with E-state index in [1.807, 2.05) is 0 Å². The van der Waals surface area contributed by atoms with Crippen molar-refractivity contribution < 1.29 is 8.42 Å². The fourth-order valence-electron chi connectivity index (χ4n) is 2.61. The van der Waals surface area contributed by atoms with Gasteiger partial charge in [-0.2, -0.15) is 0 Å². The number of hydrogen-bond acceptors (Lipinski definition) is 3. The molecule has 0 aromatic heterocycles. The topological polar surface area (TPSA) is 82.6 Å². The van der Waals surface area contributed by atoms with Crippen LogP contribution in [0, 0.1) is 6.92 Å². The summed E-state index contributed by atoms with van der Waals surface area (Å²) < 4.78 is 26.9. The number of nitrogens with zero attached hydrogens (tertiary/aromatic N) is 1. The lowest BCUT2D eigenvalue weighted by atomic mass is 9.99. The summed E-state index contributed by atoms with van der Waals surface area (Å²) in [5.74, 6) is 0.980. The van der Waals surface area contributed by atoms with Crippen LogP contribution >= 0.6 is 0 Å². The van der Waals surface area contributed by atoms with E-state index >= 15 is 0 Å². The van der Waals surface area contributed by atoms with Gasteiger partial charge >= 0.3 is 0 Å². The van der Waals surface area contributed by atoms with E-state index in [0.29, 0.717) is 18.4 Å². The van der Waals surface area contributed by atoms with Crippen molar-refractivity contribution in [1.82, 2.24) is 15.4 Å². The fraction of sp³-hybridized carbons (Fsp3) is 0.350. The molecule has 1 unspecified atom stereocenters. The van der Waals surface area contributed by atoms with Crippen LogP contribution < -0.4 is 15.4 Å². The summed E-state index contributed by atoms with van der Waals surface area (Å²) in [6, 6.07) is 16.8. The minimum atomic E-state index is -3.48. The molecule has 0 saturated carbocycles. The third kappa shape index (κ3) is 6.69. The number of sulfonamides is 1. The molecule has 0 bridgehead atoms. The number of aryl methyl sites for hydroxylation is 1. The first-order valence-corrected chi connectivity index (χ1v) is 10.5. The number of benzene rings is 2. The number of rotatable bonds is 8. The zero-order valence-electron chi connectivity index (χ0n) is 16.1. The smallest absolute Gasteiger partial charge is 0.240 e. The van der Waals surface area contributed by atoms with Gasteiger partial charge in [-0.05, 0) is 30.5 Å². The summed E-state index contributed by atoms with van der Waals surface area (Å²) in [5.41, 5.74) is 2.51. The zero-order chi connectivity index (χ0) is 19.7. The van der Waals surface area contributed by atoms with Crippen molar-refractivity contribution >= 4 is 16.0 Å². The van der Waals surface area contributed by atoms with E-state index in [4.69, 9.17) is 0 Å². The number of nitrogens with one attached hydrogen (secondary N) is 3. The van der Waals surface area contributed by atoms with Crippen molar-refractivity contribution in [1.29, 1.82) is 0 Å². The lowest BCUT2D eigenvalue weighted by molar-refractivity contribution is 0.580. The molecule has 7 heteroatoms. The fourth-order valence-corrected chi connectivity index (χ4v) is 3.67. The standard InChI is InChI=1S/C20H28N4O2S/c1-16-8-7-9-18(14-16)17(2)15-23-20(21-3)22-12-13-24-27(25,26)19-10-5-4-6-11-19/h4-11,14,17,24H,12-13,15H2,1-3H3,(H2,21,22,23). The Balaban J connectivity index is 1.76. The highest BCUT2D eigenvalue weighted by Gasteiger charge is 2.12. The second-order valence-corrected chi connectivity index (χ2v) is 8.17. The van der Waals surface area contributed by atoms with E-state index in [0.717, 1.165) is 6.54 Å². The Morgan fingerprint density at radius 3 is 2.44 bits per heavy atom. The summed E-state index contributed by atoms with van der Waals surface area (Å²) in [6.45, 7) is 5.68. The highest BCUT2D eigenvalue weighted by molar-refractivity contribution is 7.89. The van der Waals surface area contributed by atoms with Gasteiger partial charge in [0.2, 0.25) is 10.0 Å². The van der Waals surface area contributed by atoms with Gasteiger partial charge in [0.05, 0.1) is 4.90 Å². The van der Waals surface area contributed by atoms with Gasteiger partial charge in [0.1, 0.15) is 0 Å². The third-order valence-electron chi connectivity index (χ3n) is 4.17. The molecular weight excluding hydrogens is 360 g/mol. The first-order chi connectivity index (χ1) is 12.9. The summed E-state index contributed by atoms with van der Waals surface area (Å²) in [5, 5.41) is 6.40.